The highest BCUT2D eigenvalue weighted by Crippen LogP contribution is 2.30. The van der Waals surface area contributed by atoms with Crippen molar-refractivity contribution in [1.29, 1.82) is 0 Å². The summed E-state index contributed by atoms with van der Waals surface area (Å²) in [5.74, 6) is -0.261. The van der Waals surface area contributed by atoms with Gasteiger partial charge in [-0.2, -0.15) is 0 Å². The van der Waals surface area contributed by atoms with E-state index >= 15 is 0 Å². The van der Waals surface area contributed by atoms with E-state index < -0.39 is 86.8 Å². The minimum atomic E-state index is -1.79. The van der Waals surface area contributed by atoms with E-state index in [-0.39, 0.29) is 18.9 Å². The molecule has 2 heterocycles. The third-order valence-corrected chi connectivity index (χ3v) is 12.9. The van der Waals surface area contributed by atoms with Crippen molar-refractivity contribution in [2.45, 2.75) is 261 Å². The maximum atomic E-state index is 13.2. The van der Waals surface area contributed by atoms with Crippen LogP contribution in [0.2, 0.25) is 0 Å². The number of aliphatic hydroxyl groups is 8. The minimum absolute atomic E-state index is 0.261. The first-order valence-corrected chi connectivity index (χ1v) is 27.0. The van der Waals surface area contributed by atoms with Gasteiger partial charge in [-0.1, -0.05) is 164 Å². The molecular formula is C55H97NO13. The van der Waals surface area contributed by atoms with Gasteiger partial charge in [0.15, 0.2) is 12.6 Å². The van der Waals surface area contributed by atoms with Crippen molar-refractivity contribution in [3.05, 3.63) is 60.8 Å². The summed E-state index contributed by atoms with van der Waals surface area (Å²) in [5.41, 5.74) is 0. The second kappa shape index (κ2) is 41.2. The van der Waals surface area contributed by atoms with Gasteiger partial charge in [0.2, 0.25) is 5.91 Å². The lowest BCUT2D eigenvalue weighted by molar-refractivity contribution is -0.359. The molecular weight excluding hydrogens is 883 g/mol. The lowest BCUT2D eigenvalue weighted by atomic mass is 9.97. The fourth-order valence-corrected chi connectivity index (χ4v) is 8.47. The smallest absolute Gasteiger partial charge is 0.220 e. The van der Waals surface area contributed by atoms with E-state index in [0.29, 0.717) is 12.8 Å². The Balaban J connectivity index is 1.84. The molecule has 0 bridgehead atoms. The quantitative estimate of drug-likeness (QED) is 0.0211. The minimum Gasteiger partial charge on any atom is -0.394 e. The second-order valence-electron chi connectivity index (χ2n) is 19.0. The van der Waals surface area contributed by atoms with Gasteiger partial charge in [-0.3, -0.25) is 4.79 Å². The number of aliphatic hydroxyl groups excluding tert-OH is 8. The van der Waals surface area contributed by atoms with Gasteiger partial charge in [0.25, 0.3) is 0 Å². The molecule has 0 aromatic carbocycles. The van der Waals surface area contributed by atoms with E-state index in [1.54, 1.807) is 6.08 Å². The average molecular weight is 980 g/mol. The number of hydrogen-bond donors (Lipinski definition) is 9. The molecule has 2 aliphatic heterocycles. The number of nitrogens with one attached hydrogen (secondary N) is 1. The maximum Gasteiger partial charge on any atom is 0.220 e. The van der Waals surface area contributed by atoms with E-state index in [0.717, 1.165) is 57.8 Å². The molecule has 1 amide bonds. The van der Waals surface area contributed by atoms with Crippen molar-refractivity contribution in [1.82, 2.24) is 5.32 Å². The monoisotopic (exact) mass is 980 g/mol. The van der Waals surface area contributed by atoms with E-state index in [9.17, 15) is 45.6 Å². The molecule has 9 N–H and O–H groups in total. The molecule has 2 rings (SSSR count). The summed E-state index contributed by atoms with van der Waals surface area (Å²) in [7, 11) is 0. The number of carbonyl (C=O) groups excluding carboxylic acids is 1. The van der Waals surface area contributed by atoms with Gasteiger partial charge in [0.05, 0.1) is 32.0 Å². The molecule has 0 spiro atoms. The van der Waals surface area contributed by atoms with Crippen LogP contribution in [0.4, 0.5) is 0 Å². The Labute approximate surface area is 416 Å². The van der Waals surface area contributed by atoms with Crippen LogP contribution in [-0.2, 0) is 23.7 Å². The Morgan fingerprint density at radius 3 is 1.54 bits per heavy atom. The predicted octanol–water partition coefficient (Wildman–Crippen LogP) is 7.83. The van der Waals surface area contributed by atoms with Gasteiger partial charge in [-0.25, -0.2) is 0 Å². The lowest BCUT2D eigenvalue weighted by Gasteiger charge is -2.46. The zero-order valence-corrected chi connectivity index (χ0v) is 42.5. The van der Waals surface area contributed by atoms with Crippen molar-refractivity contribution in [2.75, 3.05) is 19.8 Å². The van der Waals surface area contributed by atoms with Crippen LogP contribution in [0.1, 0.15) is 187 Å². The van der Waals surface area contributed by atoms with Gasteiger partial charge in [0, 0.05) is 6.42 Å². The summed E-state index contributed by atoms with van der Waals surface area (Å²) in [5, 5.41) is 86.8. The average Bonchev–Trinajstić information content (AvgIpc) is 3.35. The van der Waals surface area contributed by atoms with Crippen LogP contribution in [0.5, 0.6) is 0 Å². The molecule has 12 atom stereocenters. The van der Waals surface area contributed by atoms with Crippen LogP contribution < -0.4 is 5.32 Å². The largest absolute Gasteiger partial charge is 0.394 e. The summed E-state index contributed by atoms with van der Waals surface area (Å²) in [4.78, 5) is 13.2. The van der Waals surface area contributed by atoms with Crippen molar-refractivity contribution in [2.24, 2.45) is 0 Å². The van der Waals surface area contributed by atoms with Crippen molar-refractivity contribution >= 4 is 5.91 Å². The number of allylic oxidation sites excluding steroid dienone is 9. The van der Waals surface area contributed by atoms with Crippen LogP contribution in [0.25, 0.3) is 0 Å². The highest BCUT2D eigenvalue weighted by molar-refractivity contribution is 5.76. The third kappa shape index (κ3) is 27.9. The maximum absolute atomic E-state index is 13.2. The van der Waals surface area contributed by atoms with Gasteiger partial charge in [-0.05, 0) is 77.0 Å². The van der Waals surface area contributed by atoms with Gasteiger partial charge < -0.3 is 65.1 Å². The van der Waals surface area contributed by atoms with E-state index in [4.69, 9.17) is 18.9 Å². The molecule has 0 radical (unpaired) electrons. The third-order valence-electron chi connectivity index (χ3n) is 12.9. The molecule has 14 nitrogen and oxygen atoms in total. The van der Waals surface area contributed by atoms with Crippen LogP contribution in [-0.4, -0.2) is 140 Å². The molecule has 2 fully saturated rings. The molecule has 0 aliphatic carbocycles. The Morgan fingerprint density at radius 2 is 0.971 bits per heavy atom. The Hall–Kier alpha value is -2.31. The summed E-state index contributed by atoms with van der Waals surface area (Å²) in [6.07, 6.45) is 33.9. The highest BCUT2D eigenvalue weighted by atomic mass is 16.7. The van der Waals surface area contributed by atoms with E-state index in [1.165, 1.54) is 96.3 Å². The topological polar surface area (TPSA) is 228 Å². The molecule has 69 heavy (non-hydrogen) atoms. The molecule has 12 unspecified atom stereocenters. The standard InChI is InChI=1S/C55H97NO13/c1-3-5-7-9-11-13-15-17-19-21-22-23-25-27-29-31-33-35-37-39-47(60)56-43(44(59)38-36-34-32-30-28-26-24-20-18-16-14-12-10-8-6-4-2)42-66-54-52(65)50(63)53(46(41-58)68-54)69-55-51(64)49(62)48(61)45(40-57)67-55/h11,13,17-20,28,30,36,38,43-46,48-55,57-59,61-65H,3-10,12,14-16,21-27,29,31-35,37,39-42H2,1-2H3,(H,56,60)/b13-11-,19-17-,20-18+,30-28+,38-36+. The molecule has 400 valence electrons. The van der Waals surface area contributed by atoms with Crippen molar-refractivity contribution < 1.29 is 64.6 Å². The zero-order chi connectivity index (χ0) is 50.3. The number of unbranched alkanes of at least 4 members (excludes halogenated alkanes) is 20. The van der Waals surface area contributed by atoms with Gasteiger partial charge >= 0.3 is 0 Å². The van der Waals surface area contributed by atoms with Gasteiger partial charge in [-0.15, -0.1) is 0 Å². The number of carbonyl (C=O) groups is 1. The highest BCUT2D eigenvalue weighted by Gasteiger charge is 2.51. The SMILES string of the molecule is CCCCC/C=C\C/C=C\CCCCCCCCCCCC(=O)NC(COC1OC(CO)C(OC2OC(CO)C(O)C(O)C2O)C(O)C1O)C(O)/C=C/CC/C=C/CC/C=C/CCCCCCCC. The Kier molecular flexibility index (Phi) is 37.5. The van der Waals surface area contributed by atoms with Crippen LogP contribution in [0.3, 0.4) is 0 Å². The molecule has 0 saturated carbocycles. The first-order valence-electron chi connectivity index (χ1n) is 27.0. The fraction of sp³-hybridized carbons (Fsp3) is 0.800. The van der Waals surface area contributed by atoms with Crippen LogP contribution >= 0.6 is 0 Å². The van der Waals surface area contributed by atoms with E-state index in [1.807, 2.05) is 6.08 Å². The first kappa shape index (κ1) is 62.8. The Morgan fingerprint density at radius 1 is 0.522 bits per heavy atom. The molecule has 2 saturated heterocycles. The Bertz CT molecular complexity index is 1390. The summed E-state index contributed by atoms with van der Waals surface area (Å²) < 4.78 is 22.7. The van der Waals surface area contributed by atoms with Crippen LogP contribution in [0.15, 0.2) is 60.8 Å². The van der Waals surface area contributed by atoms with Crippen molar-refractivity contribution in [3.8, 4) is 0 Å². The zero-order valence-electron chi connectivity index (χ0n) is 42.5. The lowest BCUT2D eigenvalue weighted by Crippen LogP contribution is -2.65. The van der Waals surface area contributed by atoms with Gasteiger partial charge in [0.1, 0.15) is 48.8 Å². The van der Waals surface area contributed by atoms with Crippen LogP contribution in [0, 0.1) is 0 Å². The summed E-state index contributed by atoms with van der Waals surface area (Å²) in [6, 6.07) is -0.941. The molecule has 2 aliphatic rings. The molecule has 0 aromatic rings. The second-order valence-corrected chi connectivity index (χ2v) is 19.0. The molecule has 0 aromatic heterocycles. The first-order chi connectivity index (χ1) is 33.6. The predicted molar refractivity (Wildman–Crippen MR) is 272 cm³/mol. The van der Waals surface area contributed by atoms with Crippen molar-refractivity contribution in [3.63, 3.8) is 0 Å². The summed E-state index contributed by atoms with van der Waals surface area (Å²) in [6.45, 7) is 2.72. The number of rotatable bonds is 41. The fourth-order valence-electron chi connectivity index (χ4n) is 8.47. The number of amides is 1. The number of hydrogen-bond acceptors (Lipinski definition) is 13. The number of ether oxygens (including phenoxy) is 4. The summed E-state index contributed by atoms with van der Waals surface area (Å²) >= 11 is 0. The normalized spacial score (nSPS) is 26.6. The van der Waals surface area contributed by atoms with E-state index in [2.05, 4.69) is 67.8 Å². The molecule has 14 heteroatoms.